The number of aromatic nitrogens is 1. The third-order valence-corrected chi connectivity index (χ3v) is 10.8. The van der Waals surface area contributed by atoms with Gasteiger partial charge in [-0.3, -0.25) is 4.90 Å². The van der Waals surface area contributed by atoms with Gasteiger partial charge in [0.25, 0.3) is 0 Å². The number of sulfonamides is 1. The lowest BCUT2D eigenvalue weighted by molar-refractivity contribution is 0.122. The maximum atomic E-state index is 13.2. The highest BCUT2D eigenvalue weighted by atomic mass is 32.2. The van der Waals surface area contributed by atoms with Gasteiger partial charge in [-0.05, 0) is 53.0 Å². The molecule has 2 unspecified atom stereocenters. The molecule has 1 aromatic carbocycles. The molecule has 0 spiro atoms. The van der Waals surface area contributed by atoms with Gasteiger partial charge in [0.1, 0.15) is 5.82 Å². The van der Waals surface area contributed by atoms with Crippen LogP contribution in [-0.4, -0.2) is 74.8 Å². The van der Waals surface area contributed by atoms with Crippen LogP contribution < -0.4 is 9.80 Å². The van der Waals surface area contributed by atoms with Crippen LogP contribution in [0.2, 0.25) is 0 Å². The summed E-state index contributed by atoms with van der Waals surface area (Å²) in [6, 6.07) is 10.8. The molecule has 1 amide bonds. The molecule has 0 bridgehead atoms. The second kappa shape index (κ2) is 12.3. The van der Waals surface area contributed by atoms with Crippen LogP contribution in [0.4, 0.5) is 16.3 Å². The minimum absolute atomic E-state index is 0.0425. The maximum absolute atomic E-state index is 13.2. The van der Waals surface area contributed by atoms with Gasteiger partial charge in [-0.2, -0.15) is 4.31 Å². The Labute approximate surface area is 244 Å². The number of hydrogen-bond donors (Lipinski definition) is 1. The maximum Gasteiger partial charge on any atom is 0.411 e. The van der Waals surface area contributed by atoms with Crippen LogP contribution in [0.3, 0.4) is 0 Å². The molecule has 4 fully saturated rings. The Morgan fingerprint density at radius 2 is 1.56 bits per heavy atom. The second-order valence-electron chi connectivity index (χ2n) is 12.7. The summed E-state index contributed by atoms with van der Waals surface area (Å²) in [7, 11) is -3.56. The SMILES string of the molecule is C1CCCC1.CC(C)(C)c1ccc(S(=O)(=O)N2CC3C(CN(C(=O)O)c4ccc(N5CCOCC5)nc4)C3C2)cc1. The first-order chi connectivity index (χ1) is 19.6. The van der Waals surface area contributed by atoms with E-state index in [1.165, 1.54) is 37.0 Å². The van der Waals surface area contributed by atoms with E-state index in [4.69, 9.17) is 4.74 Å². The van der Waals surface area contributed by atoms with Gasteiger partial charge in [-0.1, -0.05) is 65.0 Å². The van der Waals surface area contributed by atoms with Crippen LogP contribution >= 0.6 is 0 Å². The van der Waals surface area contributed by atoms with Crippen molar-refractivity contribution in [1.82, 2.24) is 9.29 Å². The summed E-state index contributed by atoms with van der Waals surface area (Å²) >= 11 is 0. The number of anilines is 2. The van der Waals surface area contributed by atoms with Crippen molar-refractivity contribution in [2.45, 2.75) is 63.2 Å². The molecule has 3 heterocycles. The number of rotatable bonds is 6. The lowest BCUT2D eigenvalue weighted by Crippen LogP contribution is -2.37. The molecule has 2 aliphatic heterocycles. The molecule has 10 heteroatoms. The van der Waals surface area contributed by atoms with Crippen molar-refractivity contribution in [2.24, 2.45) is 17.8 Å². The minimum Gasteiger partial charge on any atom is -0.465 e. The predicted molar refractivity (Wildman–Crippen MR) is 160 cm³/mol. The molecule has 2 atom stereocenters. The Morgan fingerprint density at radius 3 is 2.05 bits per heavy atom. The van der Waals surface area contributed by atoms with Crippen LogP contribution in [-0.2, 0) is 20.2 Å². The number of carboxylic acid groups (broad SMARTS) is 1. The average molecular weight is 585 g/mol. The van der Waals surface area contributed by atoms with Crippen molar-refractivity contribution in [2.75, 3.05) is 55.7 Å². The van der Waals surface area contributed by atoms with E-state index in [1.54, 1.807) is 28.7 Å². The summed E-state index contributed by atoms with van der Waals surface area (Å²) in [6.45, 7) is 10.3. The molecule has 2 saturated heterocycles. The van der Waals surface area contributed by atoms with E-state index in [1.807, 2.05) is 18.2 Å². The van der Waals surface area contributed by atoms with Crippen molar-refractivity contribution in [1.29, 1.82) is 0 Å². The molecule has 6 rings (SSSR count). The summed E-state index contributed by atoms with van der Waals surface area (Å²) in [5.41, 5.74) is 1.58. The van der Waals surface area contributed by atoms with E-state index in [-0.39, 0.29) is 23.2 Å². The third kappa shape index (κ3) is 6.87. The number of benzene rings is 1. The lowest BCUT2D eigenvalue weighted by atomic mass is 9.87. The van der Waals surface area contributed by atoms with Crippen LogP contribution in [0, 0.1) is 17.8 Å². The molecule has 1 N–H and O–H groups in total. The first-order valence-corrected chi connectivity index (χ1v) is 16.4. The fourth-order valence-corrected chi connectivity index (χ4v) is 7.77. The van der Waals surface area contributed by atoms with Crippen molar-refractivity contribution in [3.8, 4) is 0 Å². The molecule has 2 aliphatic carbocycles. The van der Waals surface area contributed by atoms with E-state index in [0.29, 0.717) is 43.4 Å². The van der Waals surface area contributed by atoms with Gasteiger partial charge < -0.3 is 14.7 Å². The number of nitrogens with zero attached hydrogens (tertiary/aromatic N) is 4. The molecule has 224 valence electrons. The third-order valence-electron chi connectivity index (χ3n) is 8.95. The Morgan fingerprint density at radius 1 is 0.976 bits per heavy atom. The van der Waals surface area contributed by atoms with Gasteiger partial charge in [0.2, 0.25) is 10.0 Å². The summed E-state index contributed by atoms with van der Waals surface area (Å²) in [4.78, 5) is 20.3. The van der Waals surface area contributed by atoms with Crippen LogP contribution in [0.15, 0.2) is 47.5 Å². The quantitative estimate of drug-likeness (QED) is 0.497. The van der Waals surface area contributed by atoms with Crippen LogP contribution in [0.1, 0.15) is 58.4 Å². The first kappa shape index (κ1) is 29.8. The molecule has 1 aromatic heterocycles. The van der Waals surface area contributed by atoms with Gasteiger partial charge in [0.05, 0.1) is 30.0 Å². The normalized spacial score (nSPS) is 24.4. The Hall–Kier alpha value is -2.69. The van der Waals surface area contributed by atoms with E-state index in [0.717, 1.165) is 24.5 Å². The summed E-state index contributed by atoms with van der Waals surface area (Å²) in [5.74, 6) is 1.31. The van der Waals surface area contributed by atoms with Crippen molar-refractivity contribution < 1.29 is 23.1 Å². The number of pyridine rings is 1. The predicted octanol–water partition coefficient (Wildman–Crippen LogP) is 5.22. The second-order valence-corrected chi connectivity index (χ2v) is 14.7. The van der Waals surface area contributed by atoms with E-state index in [9.17, 15) is 18.3 Å². The minimum atomic E-state index is -3.56. The zero-order valence-electron chi connectivity index (χ0n) is 24.5. The average Bonchev–Trinajstić information content (AvgIpc) is 3.39. The molecule has 2 saturated carbocycles. The number of morpholine rings is 1. The van der Waals surface area contributed by atoms with Gasteiger partial charge in [0.15, 0.2) is 0 Å². The number of ether oxygens (including phenoxy) is 1. The fourth-order valence-electron chi connectivity index (χ4n) is 6.26. The standard InChI is InChI=1S/C26H34N4O5S.C5H10/c1-26(2,3)18-4-7-20(8-5-18)36(33,34)29-15-21-22(16-29)23(21)17-30(25(31)32)19-6-9-24(27-14-19)28-10-12-35-13-11-28;1-2-4-5-3-1/h4-9,14,21-23H,10-13,15-17H2,1-3H3,(H,31,32);1-5H2. The molecule has 41 heavy (non-hydrogen) atoms. The highest BCUT2D eigenvalue weighted by Gasteiger charge is 2.58. The largest absolute Gasteiger partial charge is 0.465 e. The highest BCUT2D eigenvalue weighted by Crippen LogP contribution is 2.53. The zero-order valence-corrected chi connectivity index (χ0v) is 25.4. The lowest BCUT2D eigenvalue weighted by Gasteiger charge is -2.28. The van der Waals surface area contributed by atoms with E-state index in [2.05, 4.69) is 30.7 Å². The van der Waals surface area contributed by atoms with Crippen LogP contribution in [0.25, 0.3) is 0 Å². The zero-order chi connectivity index (χ0) is 29.2. The number of piperidine rings is 1. The molecule has 0 radical (unpaired) electrons. The summed E-state index contributed by atoms with van der Waals surface area (Å²) in [5, 5.41) is 9.86. The first-order valence-electron chi connectivity index (χ1n) is 15.0. The van der Waals surface area contributed by atoms with Crippen molar-refractivity contribution in [3.63, 3.8) is 0 Å². The molecule has 4 aliphatic rings. The number of fused-ring (bicyclic) bond motifs is 1. The van der Waals surface area contributed by atoms with E-state index >= 15 is 0 Å². The number of carbonyl (C=O) groups is 1. The van der Waals surface area contributed by atoms with Crippen molar-refractivity contribution in [3.05, 3.63) is 48.2 Å². The van der Waals surface area contributed by atoms with Gasteiger partial charge in [0, 0.05) is 32.7 Å². The van der Waals surface area contributed by atoms with Gasteiger partial charge in [-0.25, -0.2) is 18.2 Å². The van der Waals surface area contributed by atoms with Gasteiger partial charge >= 0.3 is 6.09 Å². The molecular formula is C31H44N4O5S. The van der Waals surface area contributed by atoms with E-state index < -0.39 is 16.1 Å². The van der Waals surface area contributed by atoms with Gasteiger partial charge in [-0.15, -0.1) is 0 Å². The topological polar surface area (TPSA) is 103 Å². The molecule has 9 nitrogen and oxygen atoms in total. The molecule has 2 aromatic rings. The monoisotopic (exact) mass is 584 g/mol. The summed E-state index contributed by atoms with van der Waals surface area (Å²) in [6.07, 6.45) is 8.08. The highest BCUT2D eigenvalue weighted by molar-refractivity contribution is 7.89. The number of hydrogen-bond acceptors (Lipinski definition) is 6. The van der Waals surface area contributed by atoms with Crippen molar-refractivity contribution >= 4 is 27.6 Å². The Kier molecular flexibility index (Phi) is 8.92. The smallest absolute Gasteiger partial charge is 0.411 e. The Bertz CT molecular complexity index is 1260. The summed E-state index contributed by atoms with van der Waals surface area (Å²) < 4.78 is 33.3. The fraction of sp³-hybridized carbons (Fsp3) is 0.613. The number of amides is 1. The Balaban J connectivity index is 0.000000610. The van der Waals surface area contributed by atoms with Crippen LogP contribution in [0.5, 0.6) is 0 Å². The molecular weight excluding hydrogens is 540 g/mol.